The minimum absolute atomic E-state index is 0.262. The van der Waals surface area contributed by atoms with E-state index in [4.69, 9.17) is 14.2 Å². The number of Topliss-reactive ketones (excluding diaryl/α,β-unsaturated/α-hetero) is 1. The summed E-state index contributed by atoms with van der Waals surface area (Å²) in [5, 5.41) is 0. The van der Waals surface area contributed by atoms with Crippen molar-refractivity contribution in [2.75, 3.05) is 40.3 Å². The summed E-state index contributed by atoms with van der Waals surface area (Å²) < 4.78 is 15.8. The Morgan fingerprint density at radius 2 is 1.44 bits per heavy atom. The number of rotatable bonds is 5. The van der Waals surface area contributed by atoms with E-state index in [2.05, 4.69) is 11.8 Å². The zero-order valence-corrected chi connectivity index (χ0v) is 15.0. The van der Waals surface area contributed by atoms with Crippen LogP contribution in [0.2, 0.25) is 0 Å². The summed E-state index contributed by atoms with van der Waals surface area (Å²) in [5.74, 6) is 6.82. The van der Waals surface area contributed by atoms with Crippen LogP contribution in [0.15, 0.2) is 36.4 Å². The van der Waals surface area contributed by atoms with Crippen LogP contribution in [0.4, 0.5) is 5.69 Å². The maximum absolute atomic E-state index is 12.3. The molecular formula is C20H21NO4. The van der Waals surface area contributed by atoms with E-state index in [1.54, 1.807) is 38.5 Å². The van der Waals surface area contributed by atoms with Crippen LogP contribution in [-0.4, -0.2) is 41.2 Å². The minimum Gasteiger partial charge on any atom is -0.495 e. The summed E-state index contributed by atoms with van der Waals surface area (Å²) in [6, 6.07) is 10.7. The van der Waals surface area contributed by atoms with E-state index in [0.29, 0.717) is 28.4 Å². The van der Waals surface area contributed by atoms with Crippen molar-refractivity contribution < 1.29 is 19.0 Å². The lowest BCUT2D eigenvalue weighted by atomic mass is 10.1. The smallest absolute Gasteiger partial charge is 0.236 e. The summed E-state index contributed by atoms with van der Waals surface area (Å²) in [4.78, 5) is 14.3. The molecule has 0 amide bonds. The monoisotopic (exact) mass is 339 g/mol. The van der Waals surface area contributed by atoms with Crippen molar-refractivity contribution in [2.45, 2.75) is 0 Å². The van der Waals surface area contributed by atoms with E-state index in [1.165, 1.54) is 7.11 Å². The van der Waals surface area contributed by atoms with Gasteiger partial charge in [0.1, 0.15) is 5.75 Å². The Morgan fingerprint density at radius 1 is 0.880 bits per heavy atom. The van der Waals surface area contributed by atoms with Crippen LogP contribution < -0.4 is 19.1 Å². The van der Waals surface area contributed by atoms with Gasteiger partial charge in [-0.1, -0.05) is 5.92 Å². The fourth-order valence-electron chi connectivity index (χ4n) is 2.23. The number of carbonyl (C=O) groups excluding carboxylic acids is 1. The van der Waals surface area contributed by atoms with Crippen molar-refractivity contribution in [3.63, 3.8) is 0 Å². The first-order valence-corrected chi connectivity index (χ1v) is 7.64. The maximum atomic E-state index is 12.3. The number of methoxy groups -OCH3 is 3. The van der Waals surface area contributed by atoms with Crippen LogP contribution in [0.5, 0.6) is 17.2 Å². The van der Waals surface area contributed by atoms with E-state index in [-0.39, 0.29) is 5.78 Å². The number of hydrogen-bond donors (Lipinski definition) is 0. The summed E-state index contributed by atoms with van der Waals surface area (Å²) in [5.41, 5.74) is 2.11. The van der Waals surface area contributed by atoms with Gasteiger partial charge in [0.25, 0.3) is 0 Å². The van der Waals surface area contributed by atoms with Crippen LogP contribution in [0.25, 0.3) is 0 Å². The highest BCUT2D eigenvalue weighted by molar-refractivity contribution is 6.09. The first-order valence-electron chi connectivity index (χ1n) is 7.64. The Labute approximate surface area is 148 Å². The molecule has 0 spiro atoms. The predicted molar refractivity (Wildman–Crippen MR) is 98.1 cm³/mol. The van der Waals surface area contributed by atoms with Gasteiger partial charge in [-0.2, -0.15) is 0 Å². The molecule has 2 aromatic rings. The molecule has 0 aromatic heterocycles. The van der Waals surface area contributed by atoms with Gasteiger partial charge in [0, 0.05) is 37.5 Å². The van der Waals surface area contributed by atoms with Crippen molar-refractivity contribution in [2.24, 2.45) is 0 Å². The van der Waals surface area contributed by atoms with Gasteiger partial charge in [-0.25, -0.2) is 0 Å². The highest BCUT2D eigenvalue weighted by atomic mass is 16.5. The van der Waals surface area contributed by atoms with Gasteiger partial charge >= 0.3 is 0 Å². The molecule has 0 bridgehead atoms. The molecule has 0 radical (unpaired) electrons. The van der Waals surface area contributed by atoms with Crippen molar-refractivity contribution in [3.05, 3.63) is 47.5 Å². The Balaban J connectivity index is 2.31. The van der Waals surface area contributed by atoms with Gasteiger partial charge in [0.2, 0.25) is 5.78 Å². The quantitative estimate of drug-likeness (QED) is 0.619. The van der Waals surface area contributed by atoms with Gasteiger partial charge in [-0.15, -0.1) is 0 Å². The third kappa shape index (κ3) is 4.24. The van der Waals surface area contributed by atoms with Crippen molar-refractivity contribution in [1.29, 1.82) is 0 Å². The SMILES string of the molecule is COc1cc(OC)c(OC)cc1C#CC(=O)c1ccc(N(C)C)cc1. The Hall–Kier alpha value is -3.13. The van der Waals surface area contributed by atoms with Gasteiger partial charge in [-0.05, 0) is 30.2 Å². The molecule has 0 saturated heterocycles. The van der Waals surface area contributed by atoms with Crippen LogP contribution in [0, 0.1) is 11.8 Å². The van der Waals surface area contributed by atoms with Crippen LogP contribution >= 0.6 is 0 Å². The maximum Gasteiger partial charge on any atom is 0.236 e. The highest BCUT2D eigenvalue weighted by Gasteiger charge is 2.11. The Morgan fingerprint density at radius 3 is 1.96 bits per heavy atom. The second-order valence-electron chi connectivity index (χ2n) is 5.43. The molecule has 0 saturated carbocycles. The van der Waals surface area contributed by atoms with E-state index in [0.717, 1.165) is 5.69 Å². The van der Waals surface area contributed by atoms with Crippen LogP contribution in [-0.2, 0) is 0 Å². The van der Waals surface area contributed by atoms with Gasteiger partial charge in [0.05, 0.1) is 26.9 Å². The largest absolute Gasteiger partial charge is 0.495 e. The third-order valence-electron chi connectivity index (χ3n) is 3.66. The fourth-order valence-corrected chi connectivity index (χ4v) is 2.23. The second-order valence-corrected chi connectivity index (χ2v) is 5.43. The van der Waals surface area contributed by atoms with Crippen LogP contribution in [0.3, 0.4) is 0 Å². The number of benzene rings is 2. The Bertz CT molecular complexity index is 814. The molecule has 130 valence electrons. The average Bonchev–Trinajstić information content (AvgIpc) is 2.65. The summed E-state index contributed by atoms with van der Waals surface area (Å²) in [7, 11) is 8.51. The lowest BCUT2D eigenvalue weighted by molar-refractivity contribution is 0.105. The van der Waals surface area contributed by atoms with Crippen molar-refractivity contribution in [3.8, 4) is 29.1 Å². The summed E-state index contributed by atoms with van der Waals surface area (Å²) in [6.07, 6.45) is 0. The molecule has 0 fully saturated rings. The molecule has 0 aliphatic rings. The van der Waals surface area contributed by atoms with E-state index in [1.807, 2.05) is 31.1 Å². The van der Waals surface area contributed by atoms with E-state index >= 15 is 0 Å². The average molecular weight is 339 g/mol. The van der Waals surface area contributed by atoms with Crippen molar-refractivity contribution >= 4 is 11.5 Å². The van der Waals surface area contributed by atoms with E-state index in [9.17, 15) is 4.79 Å². The molecule has 5 heteroatoms. The summed E-state index contributed by atoms with van der Waals surface area (Å²) >= 11 is 0. The molecule has 2 aromatic carbocycles. The predicted octanol–water partition coefficient (Wildman–Crippen LogP) is 3.01. The molecule has 0 N–H and O–H groups in total. The standard InChI is InChI=1S/C20H21NO4/c1-21(2)16-9-6-14(7-10-16)17(22)11-8-15-12-19(24-4)20(25-5)13-18(15)23-3/h6-7,9-10,12-13H,1-5H3. The Kier molecular flexibility index (Phi) is 5.91. The molecular weight excluding hydrogens is 318 g/mol. The molecule has 0 atom stereocenters. The summed E-state index contributed by atoms with van der Waals surface area (Å²) in [6.45, 7) is 0. The zero-order chi connectivity index (χ0) is 18.4. The topological polar surface area (TPSA) is 48.0 Å². The lowest BCUT2D eigenvalue weighted by Gasteiger charge is -2.11. The van der Waals surface area contributed by atoms with Gasteiger partial charge in [-0.3, -0.25) is 4.79 Å². The molecule has 0 heterocycles. The van der Waals surface area contributed by atoms with Crippen LogP contribution in [0.1, 0.15) is 15.9 Å². The molecule has 0 unspecified atom stereocenters. The number of ketones is 1. The number of ether oxygens (including phenoxy) is 3. The number of nitrogens with zero attached hydrogens (tertiary/aromatic N) is 1. The zero-order valence-electron chi connectivity index (χ0n) is 15.0. The third-order valence-corrected chi connectivity index (χ3v) is 3.66. The molecule has 0 aliphatic heterocycles. The molecule has 25 heavy (non-hydrogen) atoms. The van der Waals surface area contributed by atoms with E-state index < -0.39 is 0 Å². The fraction of sp³-hybridized carbons (Fsp3) is 0.250. The normalized spacial score (nSPS) is 9.64. The lowest BCUT2D eigenvalue weighted by Crippen LogP contribution is -2.08. The van der Waals surface area contributed by atoms with Crippen molar-refractivity contribution in [1.82, 2.24) is 0 Å². The minimum atomic E-state index is -0.262. The first-order chi connectivity index (χ1) is 12.0. The number of hydrogen-bond acceptors (Lipinski definition) is 5. The number of carbonyl (C=O) groups is 1. The number of anilines is 1. The van der Waals surface area contributed by atoms with Gasteiger partial charge in [0.15, 0.2) is 11.5 Å². The molecule has 2 rings (SSSR count). The molecule has 0 aliphatic carbocycles. The second kappa shape index (κ2) is 8.11. The first kappa shape index (κ1) is 18.2. The molecule has 5 nitrogen and oxygen atoms in total. The highest BCUT2D eigenvalue weighted by Crippen LogP contribution is 2.34. The van der Waals surface area contributed by atoms with Gasteiger partial charge < -0.3 is 19.1 Å².